The van der Waals surface area contributed by atoms with Crippen molar-refractivity contribution in [3.63, 3.8) is 0 Å². The number of hydrogen-bond acceptors (Lipinski definition) is 2. The Morgan fingerprint density at radius 1 is 1.00 bits per heavy atom. The van der Waals surface area contributed by atoms with Gasteiger partial charge >= 0.3 is 0 Å². The first-order chi connectivity index (χ1) is 10.4. The maximum atomic E-state index is 5.98. The van der Waals surface area contributed by atoms with Gasteiger partial charge in [0.05, 0.1) is 0 Å². The predicted octanol–water partition coefficient (Wildman–Crippen LogP) is 5.64. The van der Waals surface area contributed by atoms with Crippen LogP contribution in [0.3, 0.4) is 0 Å². The molecule has 0 spiro atoms. The average molecular weight is 292 g/mol. The Bertz CT molecular complexity index is 715. The standard InChI is InChI=1S/C19H16OS/c1-2-16-8-9-17(18-10-11-21-14-18)12-19(16)20-13-15-6-4-3-5-7-15/h2-12,14H,1,13H2. The number of hydrogen-bond donors (Lipinski definition) is 0. The molecule has 0 saturated heterocycles. The highest BCUT2D eigenvalue weighted by molar-refractivity contribution is 7.08. The van der Waals surface area contributed by atoms with Crippen LogP contribution in [0.15, 0.2) is 71.9 Å². The third-order valence-corrected chi connectivity index (χ3v) is 4.01. The van der Waals surface area contributed by atoms with Crippen molar-refractivity contribution in [3.8, 4) is 16.9 Å². The molecular weight excluding hydrogens is 276 g/mol. The molecule has 0 aliphatic rings. The summed E-state index contributed by atoms with van der Waals surface area (Å²) >= 11 is 1.70. The van der Waals surface area contributed by atoms with E-state index in [1.807, 2.05) is 24.3 Å². The van der Waals surface area contributed by atoms with Gasteiger partial charge in [0.15, 0.2) is 0 Å². The van der Waals surface area contributed by atoms with Gasteiger partial charge in [0, 0.05) is 5.56 Å². The van der Waals surface area contributed by atoms with E-state index in [1.54, 1.807) is 11.3 Å². The Hall–Kier alpha value is -2.32. The first-order valence-electron chi connectivity index (χ1n) is 6.82. The minimum atomic E-state index is 0.564. The second kappa shape index (κ2) is 6.42. The molecule has 104 valence electrons. The molecule has 0 atom stereocenters. The van der Waals surface area contributed by atoms with Crippen LogP contribution in [-0.4, -0.2) is 0 Å². The molecule has 3 aromatic rings. The first-order valence-corrected chi connectivity index (χ1v) is 7.77. The zero-order valence-corrected chi connectivity index (χ0v) is 12.5. The lowest BCUT2D eigenvalue weighted by molar-refractivity contribution is 0.305. The Balaban J connectivity index is 1.85. The fraction of sp³-hybridized carbons (Fsp3) is 0.0526. The smallest absolute Gasteiger partial charge is 0.127 e. The quantitative estimate of drug-likeness (QED) is 0.591. The fourth-order valence-electron chi connectivity index (χ4n) is 2.17. The Morgan fingerprint density at radius 2 is 1.86 bits per heavy atom. The largest absolute Gasteiger partial charge is 0.488 e. The van der Waals surface area contributed by atoms with Crippen LogP contribution < -0.4 is 4.74 Å². The van der Waals surface area contributed by atoms with E-state index >= 15 is 0 Å². The third-order valence-electron chi connectivity index (χ3n) is 3.33. The molecule has 1 nitrogen and oxygen atoms in total. The van der Waals surface area contributed by atoms with Gasteiger partial charge in [-0.05, 0) is 39.6 Å². The highest BCUT2D eigenvalue weighted by Crippen LogP contribution is 2.29. The minimum Gasteiger partial charge on any atom is -0.488 e. The van der Waals surface area contributed by atoms with Crippen LogP contribution in [0.5, 0.6) is 5.75 Å². The molecule has 0 aliphatic carbocycles. The van der Waals surface area contributed by atoms with Gasteiger partial charge in [0.25, 0.3) is 0 Å². The van der Waals surface area contributed by atoms with Gasteiger partial charge in [-0.15, -0.1) is 0 Å². The van der Waals surface area contributed by atoms with Crippen LogP contribution in [-0.2, 0) is 6.61 Å². The van der Waals surface area contributed by atoms with Gasteiger partial charge in [-0.3, -0.25) is 0 Å². The van der Waals surface area contributed by atoms with Crippen LogP contribution in [0.2, 0.25) is 0 Å². The minimum absolute atomic E-state index is 0.564. The molecule has 2 heteroatoms. The predicted molar refractivity (Wildman–Crippen MR) is 90.6 cm³/mol. The van der Waals surface area contributed by atoms with Gasteiger partial charge in [-0.2, -0.15) is 11.3 Å². The summed E-state index contributed by atoms with van der Waals surface area (Å²) in [7, 11) is 0. The molecule has 0 fully saturated rings. The topological polar surface area (TPSA) is 9.23 Å². The van der Waals surface area contributed by atoms with Gasteiger partial charge in [-0.1, -0.05) is 55.1 Å². The highest BCUT2D eigenvalue weighted by Gasteiger charge is 2.05. The van der Waals surface area contributed by atoms with Crippen LogP contribution >= 0.6 is 11.3 Å². The average Bonchev–Trinajstić information content (AvgIpc) is 3.08. The molecule has 2 aromatic carbocycles. The molecular formula is C19H16OS. The number of ether oxygens (including phenoxy) is 1. The monoisotopic (exact) mass is 292 g/mol. The summed E-state index contributed by atoms with van der Waals surface area (Å²) in [6.45, 7) is 4.43. The lowest BCUT2D eigenvalue weighted by Crippen LogP contribution is -1.97. The molecule has 1 aromatic heterocycles. The number of rotatable bonds is 5. The number of thiophene rings is 1. The zero-order valence-electron chi connectivity index (χ0n) is 11.7. The van der Waals surface area contributed by atoms with Crippen molar-refractivity contribution in [1.29, 1.82) is 0 Å². The summed E-state index contributed by atoms with van der Waals surface area (Å²) in [5, 5.41) is 4.23. The lowest BCUT2D eigenvalue weighted by atomic mass is 10.1. The summed E-state index contributed by atoms with van der Waals surface area (Å²) in [5.41, 5.74) is 4.57. The van der Waals surface area contributed by atoms with E-state index in [2.05, 4.69) is 53.7 Å². The molecule has 0 unspecified atom stereocenters. The molecule has 0 N–H and O–H groups in total. The zero-order chi connectivity index (χ0) is 14.5. The van der Waals surface area contributed by atoms with Crippen molar-refractivity contribution in [2.24, 2.45) is 0 Å². The van der Waals surface area contributed by atoms with Gasteiger partial charge < -0.3 is 4.74 Å². The second-order valence-corrected chi connectivity index (χ2v) is 5.52. The SMILES string of the molecule is C=Cc1ccc(-c2ccsc2)cc1OCc1ccccc1. The Labute approximate surface area is 129 Å². The first kappa shape index (κ1) is 13.7. The van der Waals surface area contributed by atoms with Crippen LogP contribution in [0.25, 0.3) is 17.2 Å². The molecule has 0 aliphatic heterocycles. The normalized spacial score (nSPS) is 10.3. The maximum absolute atomic E-state index is 5.98. The second-order valence-electron chi connectivity index (χ2n) is 4.74. The van der Waals surface area contributed by atoms with Gasteiger partial charge in [0.2, 0.25) is 0 Å². The third kappa shape index (κ3) is 3.23. The highest BCUT2D eigenvalue weighted by atomic mass is 32.1. The van der Waals surface area contributed by atoms with Crippen molar-refractivity contribution >= 4 is 17.4 Å². The van der Waals surface area contributed by atoms with Crippen molar-refractivity contribution in [2.75, 3.05) is 0 Å². The van der Waals surface area contributed by atoms with Crippen LogP contribution in [0, 0.1) is 0 Å². The van der Waals surface area contributed by atoms with E-state index in [9.17, 15) is 0 Å². The van der Waals surface area contributed by atoms with Crippen molar-refractivity contribution < 1.29 is 4.74 Å². The van der Waals surface area contributed by atoms with E-state index in [-0.39, 0.29) is 0 Å². The van der Waals surface area contributed by atoms with Gasteiger partial charge in [0.1, 0.15) is 12.4 Å². The molecule has 0 amide bonds. The lowest BCUT2D eigenvalue weighted by Gasteiger charge is -2.11. The van der Waals surface area contributed by atoms with Crippen molar-refractivity contribution in [3.05, 3.63) is 83.1 Å². The van der Waals surface area contributed by atoms with E-state index in [0.717, 1.165) is 16.9 Å². The summed E-state index contributed by atoms with van der Waals surface area (Å²) in [5.74, 6) is 0.873. The Morgan fingerprint density at radius 3 is 2.57 bits per heavy atom. The summed E-state index contributed by atoms with van der Waals surface area (Å²) in [6.07, 6.45) is 1.83. The van der Waals surface area contributed by atoms with Gasteiger partial charge in [-0.25, -0.2) is 0 Å². The molecule has 3 rings (SSSR count). The molecule has 1 heterocycles. The van der Waals surface area contributed by atoms with E-state index in [1.165, 1.54) is 11.1 Å². The molecule has 0 saturated carbocycles. The van der Waals surface area contributed by atoms with E-state index in [0.29, 0.717) is 6.61 Å². The van der Waals surface area contributed by atoms with Crippen molar-refractivity contribution in [1.82, 2.24) is 0 Å². The van der Waals surface area contributed by atoms with Crippen LogP contribution in [0.4, 0.5) is 0 Å². The molecule has 0 radical (unpaired) electrons. The van der Waals surface area contributed by atoms with E-state index in [4.69, 9.17) is 4.74 Å². The Kier molecular flexibility index (Phi) is 4.17. The fourth-order valence-corrected chi connectivity index (χ4v) is 2.84. The van der Waals surface area contributed by atoms with E-state index < -0.39 is 0 Å². The van der Waals surface area contributed by atoms with Crippen LogP contribution in [0.1, 0.15) is 11.1 Å². The summed E-state index contributed by atoms with van der Waals surface area (Å²) in [6, 6.07) is 18.6. The summed E-state index contributed by atoms with van der Waals surface area (Å²) in [4.78, 5) is 0. The number of benzene rings is 2. The molecule has 21 heavy (non-hydrogen) atoms. The van der Waals surface area contributed by atoms with Crippen molar-refractivity contribution in [2.45, 2.75) is 6.61 Å². The molecule has 0 bridgehead atoms. The maximum Gasteiger partial charge on any atom is 0.127 e. The summed E-state index contributed by atoms with van der Waals surface area (Å²) < 4.78 is 5.98.